The summed E-state index contributed by atoms with van der Waals surface area (Å²) in [5, 5.41) is 9.28. The number of nitrogens with one attached hydrogen (secondary N) is 1. The van der Waals surface area contributed by atoms with Gasteiger partial charge in [0.2, 0.25) is 4.77 Å². The van der Waals surface area contributed by atoms with Crippen molar-refractivity contribution in [3.05, 3.63) is 44.5 Å². The molecule has 114 valence electrons. The molecule has 1 aliphatic rings. The molecule has 5 rings (SSSR count). The number of halogens is 1. The van der Waals surface area contributed by atoms with Gasteiger partial charge in [-0.1, -0.05) is 11.6 Å². The first-order valence-electron chi connectivity index (χ1n) is 7.40. The van der Waals surface area contributed by atoms with E-state index in [2.05, 4.69) is 10.2 Å². The van der Waals surface area contributed by atoms with Crippen LogP contribution in [0.25, 0.3) is 27.3 Å². The third-order valence-electron chi connectivity index (χ3n) is 4.32. The highest BCUT2D eigenvalue weighted by atomic mass is 35.5. The summed E-state index contributed by atoms with van der Waals surface area (Å²) in [5.74, 6) is 0.808. The predicted molar refractivity (Wildman–Crippen MR) is 96.0 cm³/mol. The van der Waals surface area contributed by atoms with Crippen LogP contribution in [-0.2, 0) is 12.8 Å². The van der Waals surface area contributed by atoms with Gasteiger partial charge in [0.25, 0.3) is 0 Å². The topological polar surface area (TPSA) is 46.0 Å². The first kappa shape index (κ1) is 13.7. The SMILES string of the molecule is S=c1[nH]nc2c3c4c(sc3nc(-c3ccc(Cl)cc3)n12)CCC4. The molecule has 1 N–H and O–H groups in total. The van der Waals surface area contributed by atoms with Crippen molar-refractivity contribution in [1.29, 1.82) is 0 Å². The Bertz CT molecular complexity index is 1120. The highest BCUT2D eigenvalue weighted by Crippen LogP contribution is 2.39. The molecule has 3 heterocycles. The predicted octanol–water partition coefficient (Wildman–Crippen LogP) is 4.81. The standard InChI is InChI=1S/C16H11ClN4S2/c17-9-6-4-8(5-7-9)13-18-15-12(10-2-1-3-11(10)23-15)14-19-20-16(22)21(13)14/h4-7H,1-3H2,(H,20,22). The van der Waals surface area contributed by atoms with Gasteiger partial charge in [0, 0.05) is 15.5 Å². The lowest BCUT2D eigenvalue weighted by Crippen LogP contribution is -1.97. The van der Waals surface area contributed by atoms with Gasteiger partial charge in [-0.3, -0.25) is 9.50 Å². The largest absolute Gasteiger partial charge is 0.251 e. The third kappa shape index (κ3) is 1.92. The van der Waals surface area contributed by atoms with Crippen LogP contribution in [0.15, 0.2) is 24.3 Å². The van der Waals surface area contributed by atoms with Gasteiger partial charge in [-0.25, -0.2) is 4.98 Å². The average molecular weight is 359 g/mol. The molecule has 0 aliphatic heterocycles. The van der Waals surface area contributed by atoms with Crippen molar-refractivity contribution < 1.29 is 0 Å². The minimum absolute atomic E-state index is 0.567. The summed E-state index contributed by atoms with van der Waals surface area (Å²) < 4.78 is 2.50. The summed E-state index contributed by atoms with van der Waals surface area (Å²) in [6, 6.07) is 7.66. The Hall–Kier alpha value is -1.76. The maximum absolute atomic E-state index is 6.01. The van der Waals surface area contributed by atoms with Crippen LogP contribution in [0.1, 0.15) is 16.9 Å². The second-order valence-corrected chi connectivity index (χ2v) is 7.57. The molecule has 23 heavy (non-hydrogen) atoms. The van der Waals surface area contributed by atoms with E-state index in [9.17, 15) is 0 Å². The first-order valence-corrected chi connectivity index (χ1v) is 9.00. The van der Waals surface area contributed by atoms with Crippen LogP contribution in [-0.4, -0.2) is 19.6 Å². The molecule has 0 radical (unpaired) electrons. The summed E-state index contributed by atoms with van der Waals surface area (Å²) in [5.41, 5.74) is 3.26. The maximum atomic E-state index is 6.01. The molecule has 0 amide bonds. The zero-order valence-electron chi connectivity index (χ0n) is 12.0. The van der Waals surface area contributed by atoms with Crippen LogP contribution in [0.2, 0.25) is 5.02 Å². The molecule has 7 heteroatoms. The quantitative estimate of drug-likeness (QED) is 0.496. The second-order valence-electron chi connectivity index (χ2n) is 5.67. The second kappa shape index (κ2) is 4.87. The molecule has 4 nitrogen and oxygen atoms in total. The third-order valence-corrected chi connectivity index (χ3v) is 6.03. The van der Waals surface area contributed by atoms with Crippen molar-refractivity contribution in [2.45, 2.75) is 19.3 Å². The highest BCUT2D eigenvalue weighted by Gasteiger charge is 2.23. The molecule has 1 aromatic carbocycles. The average Bonchev–Trinajstić information content (AvgIpc) is 3.21. The summed E-state index contributed by atoms with van der Waals surface area (Å²) in [7, 11) is 0. The van der Waals surface area contributed by atoms with Gasteiger partial charge in [-0.05, 0) is 61.3 Å². The van der Waals surface area contributed by atoms with Crippen LogP contribution in [0.4, 0.5) is 0 Å². The van der Waals surface area contributed by atoms with E-state index in [1.54, 1.807) is 11.3 Å². The number of aromatic amines is 1. The minimum Gasteiger partial charge on any atom is -0.251 e. The molecule has 0 unspecified atom stereocenters. The number of fused-ring (bicyclic) bond motifs is 5. The van der Waals surface area contributed by atoms with Gasteiger partial charge in [-0.15, -0.1) is 11.3 Å². The van der Waals surface area contributed by atoms with Gasteiger partial charge in [0.05, 0.1) is 5.39 Å². The summed E-state index contributed by atoms with van der Waals surface area (Å²) in [4.78, 5) is 7.40. The Morgan fingerprint density at radius 3 is 2.87 bits per heavy atom. The molecular formula is C16H11ClN4S2. The van der Waals surface area contributed by atoms with Gasteiger partial charge in [0.15, 0.2) is 5.65 Å². The zero-order chi connectivity index (χ0) is 15.6. The van der Waals surface area contributed by atoms with E-state index in [-0.39, 0.29) is 0 Å². The fourth-order valence-electron chi connectivity index (χ4n) is 3.30. The van der Waals surface area contributed by atoms with Crippen molar-refractivity contribution in [3.63, 3.8) is 0 Å². The molecule has 4 aromatic rings. The lowest BCUT2D eigenvalue weighted by Gasteiger charge is -2.06. The molecular weight excluding hydrogens is 348 g/mol. The van der Waals surface area contributed by atoms with Crippen molar-refractivity contribution in [2.75, 3.05) is 0 Å². The summed E-state index contributed by atoms with van der Waals surface area (Å²) in [6.45, 7) is 0. The van der Waals surface area contributed by atoms with E-state index < -0.39 is 0 Å². The van der Waals surface area contributed by atoms with Crippen molar-refractivity contribution >= 4 is 51.0 Å². The van der Waals surface area contributed by atoms with Crippen LogP contribution in [0.3, 0.4) is 0 Å². The number of benzene rings is 1. The molecule has 0 bridgehead atoms. The minimum atomic E-state index is 0.567. The van der Waals surface area contributed by atoms with E-state index in [4.69, 9.17) is 28.8 Å². The summed E-state index contributed by atoms with van der Waals surface area (Å²) in [6.07, 6.45) is 3.46. The molecule has 3 aromatic heterocycles. The fraction of sp³-hybridized carbons (Fsp3) is 0.188. The molecule has 0 fully saturated rings. The van der Waals surface area contributed by atoms with E-state index in [1.165, 1.54) is 16.9 Å². The molecule has 0 saturated heterocycles. The van der Waals surface area contributed by atoms with Crippen LogP contribution in [0.5, 0.6) is 0 Å². The normalized spacial score (nSPS) is 14.0. The number of nitrogens with zero attached hydrogens (tertiary/aromatic N) is 3. The van der Waals surface area contributed by atoms with Crippen LogP contribution >= 0.6 is 35.2 Å². The number of H-pyrrole nitrogens is 1. The van der Waals surface area contributed by atoms with E-state index in [0.29, 0.717) is 9.79 Å². The van der Waals surface area contributed by atoms with Crippen molar-refractivity contribution in [2.24, 2.45) is 0 Å². The lowest BCUT2D eigenvalue weighted by molar-refractivity contribution is 0.917. The maximum Gasteiger partial charge on any atom is 0.201 e. The van der Waals surface area contributed by atoms with Crippen molar-refractivity contribution in [3.8, 4) is 11.4 Å². The zero-order valence-corrected chi connectivity index (χ0v) is 14.4. The van der Waals surface area contributed by atoms with Crippen LogP contribution < -0.4 is 0 Å². The molecule has 0 saturated carbocycles. The smallest absolute Gasteiger partial charge is 0.201 e. The first-order chi connectivity index (χ1) is 11.2. The lowest BCUT2D eigenvalue weighted by atomic mass is 10.1. The number of thiophene rings is 1. The number of hydrogen-bond acceptors (Lipinski definition) is 4. The Labute approximate surface area is 145 Å². The van der Waals surface area contributed by atoms with Gasteiger partial charge in [-0.2, -0.15) is 5.10 Å². The number of rotatable bonds is 1. The molecule has 0 spiro atoms. The number of aromatic nitrogens is 4. The Morgan fingerprint density at radius 1 is 1.22 bits per heavy atom. The number of aryl methyl sites for hydroxylation is 2. The van der Waals surface area contributed by atoms with Crippen LogP contribution in [0, 0.1) is 4.77 Å². The molecule has 1 aliphatic carbocycles. The van der Waals surface area contributed by atoms with E-state index in [0.717, 1.165) is 40.1 Å². The van der Waals surface area contributed by atoms with Crippen molar-refractivity contribution in [1.82, 2.24) is 19.6 Å². The summed E-state index contributed by atoms with van der Waals surface area (Å²) >= 11 is 13.2. The number of hydrogen-bond donors (Lipinski definition) is 1. The molecule has 0 atom stereocenters. The Balaban J connectivity index is 1.93. The van der Waals surface area contributed by atoms with Gasteiger partial charge < -0.3 is 0 Å². The Kier molecular flexibility index (Phi) is 2.89. The highest BCUT2D eigenvalue weighted by molar-refractivity contribution is 7.71. The van der Waals surface area contributed by atoms with Gasteiger partial charge in [0.1, 0.15) is 10.7 Å². The monoisotopic (exact) mass is 358 g/mol. The fourth-order valence-corrected chi connectivity index (χ4v) is 4.90. The van der Waals surface area contributed by atoms with Gasteiger partial charge >= 0.3 is 0 Å². The van der Waals surface area contributed by atoms with E-state index >= 15 is 0 Å². The Morgan fingerprint density at radius 2 is 2.04 bits per heavy atom. The van der Waals surface area contributed by atoms with E-state index in [1.807, 2.05) is 28.7 Å².